The molecule has 0 bridgehead atoms. The van der Waals surface area contributed by atoms with Gasteiger partial charge in [-0.2, -0.15) is 26.3 Å². The fraction of sp³-hybridized carbons (Fsp3) is 0.833. The molecule has 0 N–H and O–H groups in total. The maximum atomic E-state index is 11.8. The molecule has 9 heteroatoms. The maximum Gasteiger partial charge on any atom is 0.393 e. The van der Waals surface area contributed by atoms with Gasteiger partial charge in [-0.05, 0) is 0 Å². The molecule has 15 heavy (non-hydrogen) atoms. The molecule has 0 amide bonds. The summed E-state index contributed by atoms with van der Waals surface area (Å²) < 4.78 is 74.8. The van der Waals surface area contributed by atoms with Crippen LogP contribution in [0.25, 0.3) is 0 Å². The molecule has 0 saturated heterocycles. The molecular formula is C6H7F6O2P. The summed E-state index contributed by atoms with van der Waals surface area (Å²) in [6.07, 6.45) is -13.1. The minimum Gasteiger partial charge on any atom is -0.466 e. The summed E-state index contributed by atoms with van der Waals surface area (Å²) in [7, 11) is -2.15. The highest BCUT2D eigenvalue weighted by Crippen LogP contribution is 2.46. The molecule has 0 atom stereocenters. The average molecular weight is 256 g/mol. The van der Waals surface area contributed by atoms with Crippen molar-refractivity contribution in [1.82, 2.24) is 0 Å². The molecule has 0 spiro atoms. The molecule has 0 heterocycles. The van der Waals surface area contributed by atoms with E-state index in [1.807, 2.05) is 0 Å². The van der Waals surface area contributed by atoms with Crippen LogP contribution in [0.2, 0.25) is 0 Å². The number of hydrogen-bond donors (Lipinski definition) is 0. The second-order valence-corrected chi connectivity index (χ2v) is 4.63. The number of carbonyl (C=O) groups is 1. The van der Waals surface area contributed by atoms with Gasteiger partial charge >= 0.3 is 18.1 Å². The molecule has 0 unspecified atom stereocenters. The SMILES string of the molecule is COC(=O)P(CC(F)(F)F)CC(F)(F)F. The van der Waals surface area contributed by atoms with E-state index in [-0.39, 0.29) is 0 Å². The summed E-state index contributed by atoms with van der Waals surface area (Å²) in [5, 5.41) is 0. The van der Waals surface area contributed by atoms with Crippen molar-refractivity contribution in [2.45, 2.75) is 12.4 Å². The number of ether oxygens (including phenoxy) is 1. The number of hydrogen-bond acceptors (Lipinski definition) is 2. The van der Waals surface area contributed by atoms with E-state index in [1.165, 1.54) is 0 Å². The van der Waals surface area contributed by atoms with Crippen LogP contribution in [0.5, 0.6) is 0 Å². The van der Waals surface area contributed by atoms with Gasteiger partial charge in [0.25, 0.3) is 0 Å². The Hall–Kier alpha value is -0.520. The van der Waals surface area contributed by atoms with Crippen LogP contribution in [0.15, 0.2) is 0 Å². The first-order chi connectivity index (χ1) is 6.55. The van der Waals surface area contributed by atoms with E-state index in [0.29, 0.717) is 0 Å². The molecule has 0 saturated carbocycles. The third-order valence-electron chi connectivity index (χ3n) is 1.17. The Morgan fingerprint density at radius 1 is 1.07 bits per heavy atom. The van der Waals surface area contributed by atoms with Crippen LogP contribution in [-0.4, -0.2) is 37.5 Å². The summed E-state index contributed by atoms with van der Waals surface area (Å²) in [5.74, 6) is 0. The molecular weight excluding hydrogens is 249 g/mol. The van der Waals surface area contributed by atoms with Crippen LogP contribution >= 0.6 is 7.92 Å². The zero-order valence-corrected chi connectivity index (χ0v) is 8.34. The lowest BCUT2D eigenvalue weighted by Gasteiger charge is -2.17. The van der Waals surface area contributed by atoms with Gasteiger partial charge in [-0.15, -0.1) is 0 Å². The van der Waals surface area contributed by atoms with Crippen molar-refractivity contribution in [2.24, 2.45) is 0 Å². The lowest BCUT2D eigenvalue weighted by atomic mass is 10.8. The molecule has 0 aliphatic carbocycles. The van der Waals surface area contributed by atoms with Gasteiger partial charge in [-0.1, -0.05) is 0 Å². The number of alkyl halides is 6. The number of carbonyl (C=O) groups excluding carboxylic acids is 1. The zero-order valence-electron chi connectivity index (χ0n) is 7.45. The second-order valence-electron chi connectivity index (χ2n) is 2.56. The van der Waals surface area contributed by atoms with E-state index in [9.17, 15) is 31.1 Å². The highest BCUT2D eigenvalue weighted by Gasteiger charge is 2.42. The van der Waals surface area contributed by atoms with Crippen molar-refractivity contribution in [3.63, 3.8) is 0 Å². The Morgan fingerprint density at radius 2 is 1.40 bits per heavy atom. The predicted octanol–water partition coefficient (Wildman–Crippen LogP) is 3.36. The molecule has 0 radical (unpaired) electrons. The Balaban J connectivity index is 4.53. The minimum atomic E-state index is -4.80. The monoisotopic (exact) mass is 256 g/mol. The lowest BCUT2D eigenvalue weighted by molar-refractivity contribution is -0.111. The third-order valence-corrected chi connectivity index (χ3v) is 3.35. The fourth-order valence-electron chi connectivity index (χ4n) is 0.747. The number of rotatable bonds is 3. The van der Waals surface area contributed by atoms with Gasteiger partial charge < -0.3 is 4.74 Å². The highest BCUT2D eigenvalue weighted by molar-refractivity contribution is 7.74. The highest BCUT2D eigenvalue weighted by atomic mass is 31.1. The topological polar surface area (TPSA) is 26.3 Å². The molecule has 0 aromatic rings. The van der Waals surface area contributed by atoms with Gasteiger partial charge in [0.15, 0.2) is 0 Å². The van der Waals surface area contributed by atoms with Gasteiger partial charge in [-0.3, -0.25) is 0 Å². The largest absolute Gasteiger partial charge is 0.466 e. The lowest BCUT2D eigenvalue weighted by Crippen LogP contribution is -2.23. The van der Waals surface area contributed by atoms with Crippen molar-refractivity contribution in [3.8, 4) is 0 Å². The maximum absolute atomic E-state index is 11.8. The normalized spacial score (nSPS) is 13.1. The molecule has 0 aromatic carbocycles. The molecule has 0 rings (SSSR count). The fourth-order valence-corrected chi connectivity index (χ4v) is 2.24. The first kappa shape index (κ1) is 14.5. The number of halogens is 6. The predicted molar refractivity (Wildman–Crippen MR) is 41.2 cm³/mol. The van der Waals surface area contributed by atoms with Gasteiger partial charge in [0.1, 0.15) is 0 Å². The van der Waals surface area contributed by atoms with Crippen molar-refractivity contribution >= 4 is 13.6 Å². The van der Waals surface area contributed by atoms with Crippen molar-refractivity contribution in [2.75, 3.05) is 19.4 Å². The molecule has 0 fully saturated rings. The Kier molecular flexibility index (Phi) is 4.83. The van der Waals surface area contributed by atoms with Crippen molar-refractivity contribution in [1.29, 1.82) is 0 Å². The summed E-state index contributed by atoms with van der Waals surface area (Å²) >= 11 is 0. The molecule has 0 aliphatic rings. The van der Waals surface area contributed by atoms with Crippen molar-refractivity contribution < 1.29 is 35.9 Å². The zero-order chi connectivity index (χ0) is 12.3. The smallest absolute Gasteiger partial charge is 0.393 e. The molecule has 90 valence electrons. The standard InChI is InChI=1S/C6H7F6O2P/c1-14-4(13)15(2-5(7,8)9)3-6(10,11)12/h2-3H2,1H3. The van der Waals surface area contributed by atoms with E-state index in [2.05, 4.69) is 4.74 Å². The first-order valence-electron chi connectivity index (χ1n) is 3.51. The third kappa shape index (κ3) is 7.41. The van der Waals surface area contributed by atoms with E-state index in [1.54, 1.807) is 0 Å². The minimum absolute atomic E-state index is 0.754. The Bertz CT molecular complexity index is 207. The average Bonchev–Trinajstić information content (AvgIpc) is 1.96. The quantitative estimate of drug-likeness (QED) is 0.571. The second kappa shape index (κ2) is 5.01. The Morgan fingerprint density at radius 3 is 1.60 bits per heavy atom. The van der Waals surface area contributed by atoms with E-state index < -0.39 is 38.3 Å². The van der Waals surface area contributed by atoms with E-state index in [0.717, 1.165) is 7.11 Å². The van der Waals surface area contributed by atoms with Crippen LogP contribution in [0, 0.1) is 0 Å². The summed E-state index contributed by atoms with van der Waals surface area (Å²) in [6.45, 7) is 0. The van der Waals surface area contributed by atoms with Crippen LogP contribution in [0.3, 0.4) is 0 Å². The summed E-state index contributed by atoms with van der Waals surface area (Å²) in [5.41, 5.74) is -1.44. The van der Waals surface area contributed by atoms with Gasteiger partial charge in [0.2, 0.25) is 0 Å². The van der Waals surface area contributed by atoms with Crippen LogP contribution < -0.4 is 0 Å². The summed E-state index contributed by atoms with van der Waals surface area (Å²) in [6, 6.07) is 0. The van der Waals surface area contributed by atoms with Gasteiger partial charge in [0.05, 0.1) is 19.4 Å². The Labute approximate surface area is 82.3 Å². The molecule has 0 aromatic heterocycles. The van der Waals surface area contributed by atoms with E-state index in [4.69, 9.17) is 0 Å². The van der Waals surface area contributed by atoms with Crippen LogP contribution in [0.4, 0.5) is 31.1 Å². The first-order valence-corrected chi connectivity index (χ1v) is 5.23. The van der Waals surface area contributed by atoms with Gasteiger partial charge in [-0.25, -0.2) is 4.79 Å². The number of methoxy groups -OCH3 is 1. The summed E-state index contributed by atoms with van der Waals surface area (Å²) in [4.78, 5) is 10.7. The van der Waals surface area contributed by atoms with Crippen LogP contribution in [-0.2, 0) is 4.74 Å². The molecule has 2 nitrogen and oxygen atoms in total. The van der Waals surface area contributed by atoms with Crippen LogP contribution in [0.1, 0.15) is 0 Å². The molecule has 0 aliphatic heterocycles. The van der Waals surface area contributed by atoms with Gasteiger partial charge in [0, 0.05) is 7.92 Å². The van der Waals surface area contributed by atoms with Crippen molar-refractivity contribution in [3.05, 3.63) is 0 Å². The van der Waals surface area contributed by atoms with E-state index >= 15 is 0 Å².